The van der Waals surface area contributed by atoms with Crippen molar-refractivity contribution in [2.45, 2.75) is 57.0 Å². The van der Waals surface area contributed by atoms with Gasteiger partial charge in [-0.1, -0.05) is 43.9 Å². The molecule has 4 N–H and O–H groups in total. The Hall–Kier alpha value is -1.52. The molecule has 0 aliphatic heterocycles. The van der Waals surface area contributed by atoms with Crippen molar-refractivity contribution in [2.75, 3.05) is 0 Å². The molecule has 0 radical (unpaired) electrons. The molecule has 1 aliphatic carbocycles. The highest BCUT2D eigenvalue weighted by Crippen LogP contribution is 2.20. The number of H-pyrrole nitrogens is 1. The van der Waals surface area contributed by atoms with Crippen LogP contribution in [-0.2, 0) is 11.2 Å². The second-order valence-electron chi connectivity index (χ2n) is 6.37. The molecule has 5 heteroatoms. The summed E-state index contributed by atoms with van der Waals surface area (Å²) in [5.74, 6) is -0.0165. The first-order valence-corrected chi connectivity index (χ1v) is 8.35. The Kier molecular flexibility index (Phi) is 6.48. The number of hydrogen-bond acceptors (Lipinski definition) is 2. The van der Waals surface area contributed by atoms with Gasteiger partial charge in [-0.3, -0.25) is 4.79 Å². The van der Waals surface area contributed by atoms with Crippen LogP contribution < -0.4 is 11.1 Å². The molecule has 1 amide bonds. The van der Waals surface area contributed by atoms with Crippen LogP contribution in [0.2, 0.25) is 0 Å². The van der Waals surface area contributed by atoms with Crippen molar-refractivity contribution in [3.8, 4) is 0 Å². The molecule has 2 aromatic rings. The van der Waals surface area contributed by atoms with E-state index in [1.807, 2.05) is 24.4 Å². The predicted molar refractivity (Wildman–Crippen MR) is 96.9 cm³/mol. The number of aromatic nitrogens is 1. The zero-order valence-electron chi connectivity index (χ0n) is 13.4. The monoisotopic (exact) mass is 335 g/mol. The molecule has 1 atom stereocenters. The molecular weight excluding hydrogens is 310 g/mol. The van der Waals surface area contributed by atoms with Gasteiger partial charge in [-0.05, 0) is 30.9 Å². The Morgan fingerprint density at radius 3 is 2.65 bits per heavy atom. The SMILES string of the molecule is Cl.N[C@@H](Cc1c[nH]c2ccccc12)C(=O)NC1CCCCCC1. The Bertz CT molecular complexity index is 632. The van der Waals surface area contributed by atoms with E-state index in [9.17, 15) is 4.79 Å². The van der Waals surface area contributed by atoms with Crippen LogP contribution in [0, 0.1) is 0 Å². The maximum absolute atomic E-state index is 12.3. The second kappa shape index (κ2) is 8.37. The molecule has 3 rings (SSSR count). The van der Waals surface area contributed by atoms with Crippen molar-refractivity contribution >= 4 is 29.2 Å². The number of carbonyl (C=O) groups excluding carboxylic acids is 1. The Labute approximate surface area is 143 Å². The van der Waals surface area contributed by atoms with Crippen LogP contribution in [0.15, 0.2) is 30.5 Å². The molecule has 1 aliphatic rings. The number of aromatic amines is 1. The number of benzene rings is 1. The van der Waals surface area contributed by atoms with E-state index in [1.54, 1.807) is 0 Å². The van der Waals surface area contributed by atoms with Crippen molar-refractivity contribution in [2.24, 2.45) is 5.73 Å². The topological polar surface area (TPSA) is 70.9 Å². The Morgan fingerprint density at radius 2 is 1.91 bits per heavy atom. The molecule has 0 spiro atoms. The van der Waals surface area contributed by atoms with Crippen LogP contribution in [0.3, 0.4) is 0 Å². The summed E-state index contributed by atoms with van der Waals surface area (Å²) in [7, 11) is 0. The number of halogens is 1. The van der Waals surface area contributed by atoms with Crippen molar-refractivity contribution in [3.63, 3.8) is 0 Å². The van der Waals surface area contributed by atoms with Crippen molar-refractivity contribution in [1.82, 2.24) is 10.3 Å². The summed E-state index contributed by atoms with van der Waals surface area (Å²) in [6.07, 6.45) is 9.70. The van der Waals surface area contributed by atoms with E-state index < -0.39 is 6.04 Å². The van der Waals surface area contributed by atoms with E-state index in [4.69, 9.17) is 5.73 Å². The molecule has 126 valence electrons. The predicted octanol–water partition coefficient (Wildman–Crippen LogP) is 3.30. The third-order valence-electron chi connectivity index (χ3n) is 4.65. The fourth-order valence-electron chi connectivity index (χ4n) is 3.36. The molecule has 0 bridgehead atoms. The lowest BCUT2D eigenvalue weighted by Gasteiger charge is -2.19. The van der Waals surface area contributed by atoms with Crippen LogP contribution in [0.5, 0.6) is 0 Å². The van der Waals surface area contributed by atoms with Crippen LogP contribution in [0.25, 0.3) is 10.9 Å². The minimum atomic E-state index is -0.484. The lowest BCUT2D eigenvalue weighted by molar-refractivity contribution is -0.123. The van der Waals surface area contributed by atoms with Crippen LogP contribution >= 0.6 is 12.4 Å². The zero-order valence-corrected chi connectivity index (χ0v) is 14.2. The quantitative estimate of drug-likeness (QED) is 0.750. The summed E-state index contributed by atoms with van der Waals surface area (Å²) < 4.78 is 0. The normalized spacial score (nSPS) is 17.3. The standard InChI is InChI=1S/C18H25N3O.ClH/c19-16(18(22)21-14-7-3-1-2-4-8-14)11-13-12-20-17-10-6-5-9-15(13)17;/h5-6,9-10,12,14,16,20H,1-4,7-8,11,19H2,(H,21,22);1H/t16-;/m0./s1. The number of para-hydroxylation sites is 1. The van der Waals surface area contributed by atoms with E-state index >= 15 is 0 Å². The third-order valence-corrected chi connectivity index (χ3v) is 4.65. The fraction of sp³-hybridized carbons (Fsp3) is 0.500. The summed E-state index contributed by atoms with van der Waals surface area (Å²) in [5.41, 5.74) is 8.33. The molecule has 1 saturated carbocycles. The highest BCUT2D eigenvalue weighted by molar-refractivity contribution is 5.86. The van der Waals surface area contributed by atoms with Crippen molar-refractivity contribution in [3.05, 3.63) is 36.0 Å². The first-order valence-electron chi connectivity index (χ1n) is 8.35. The molecule has 4 nitrogen and oxygen atoms in total. The van der Waals surface area contributed by atoms with E-state index in [-0.39, 0.29) is 18.3 Å². The number of nitrogens with two attached hydrogens (primary N) is 1. The summed E-state index contributed by atoms with van der Waals surface area (Å²) in [4.78, 5) is 15.6. The minimum Gasteiger partial charge on any atom is -0.361 e. The fourth-order valence-corrected chi connectivity index (χ4v) is 3.36. The number of nitrogens with one attached hydrogen (secondary N) is 2. The van der Waals surface area contributed by atoms with Crippen LogP contribution in [-0.4, -0.2) is 23.0 Å². The smallest absolute Gasteiger partial charge is 0.237 e. The number of hydrogen-bond donors (Lipinski definition) is 3. The Balaban J connectivity index is 0.00000192. The average molecular weight is 336 g/mol. The van der Waals surface area contributed by atoms with Gasteiger partial charge in [0.25, 0.3) is 0 Å². The number of rotatable bonds is 4. The van der Waals surface area contributed by atoms with Gasteiger partial charge in [-0.15, -0.1) is 12.4 Å². The van der Waals surface area contributed by atoms with Gasteiger partial charge in [-0.25, -0.2) is 0 Å². The first kappa shape index (κ1) is 17.8. The lowest BCUT2D eigenvalue weighted by Crippen LogP contribution is -2.46. The van der Waals surface area contributed by atoms with E-state index in [0.29, 0.717) is 12.5 Å². The molecule has 1 heterocycles. The van der Waals surface area contributed by atoms with Gasteiger partial charge < -0.3 is 16.0 Å². The van der Waals surface area contributed by atoms with Gasteiger partial charge in [0.1, 0.15) is 0 Å². The summed E-state index contributed by atoms with van der Waals surface area (Å²) >= 11 is 0. The van der Waals surface area contributed by atoms with Crippen molar-refractivity contribution in [1.29, 1.82) is 0 Å². The Morgan fingerprint density at radius 1 is 1.22 bits per heavy atom. The zero-order chi connectivity index (χ0) is 15.4. The summed E-state index contributed by atoms with van der Waals surface area (Å²) in [5, 5.41) is 4.30. The maximum Gasteiger partial charge on any atom is 0.237 e. The van der Waals surface area contributed by atoms with Crippen LogP contribution in [0.4, 0.5) is 0 Å². The van der Waals surface area contributed by atoms with Gasteiger partial charge in [0.2, 0.25) is 5.91 Å². The van der Waals surface area contributed by atoms with E-state index in [2.05, 4.69) is 16.4 Å². The van der Waals surface area contributed by atoms with Crippen molar-refractivity contribution < 1.29 is 4.79 Å². The van der Waals surface area contributed by atoms with Gasteiger partial charge >= 0.3 is 0 Å². The summed E-state index contributed by atoms with van der Waals surface area (Å²) in [6.45, 7) is 0. The van der Waals surface area contributed by atoms with Gasteiger partial charge in [0.05, 0.1) is 6.04 Å². The maximum atomic E-state index is 12.3. The minimum absolute atomic E-state index is 0. The molecule has 1 aromatic heterocycles. The molecule has 0 saturated heterocycles. The van der Waals surface area contributed by atoms with E-state index in [1.165, 1.54) is 25.7 Å². The van der Waals surface area contributed by atoms with Gasteiger partial charge in [-0.2, -0.15) is 0 Å². The third kappa shape index (κ3) is 4.49. The molecule has 0 unspecified atom stereocenters. The summed E-state index contributed by atoms with van der Waals surface area (Å²) in [6, 6.07) is 7.94. The molecular formula is C18H26ClN3O. The van der Waals surface area contributed by atoms with Gasteiger partial charge in [0, 0.05) is 23.1 Å². The van der Waals surface area contributed by atoms with Crippen LogP contribution in [0.1, 0.15) is 44.1 Å². The van der Waals surface area contributed by atoms with E-state index in [0.717, 1.165) is 29.3 Å². The number of carbonyl (C=O) groups is 1. The number of amides is 1. The van der Waals surface area contributed by atoms with Gasteiger partial charge in [0.15, 0.2) is 0 Å². The lowest BCUT2D eigenvalue weighted by atomic mass is 10.0. The molecule has 23 heavy (non-hydrogen) atoms. The highest BCUT2D eigenvalue weighted by atomic mass is 35.5. The number of fused-ring (bicyclic) bond motifs is 1. The first-order chi connectivity index (χ1) is 10.7. The second-order valence-corrected chi connectivity index (χ2v) is 6.37. The molecule has 1 aromatic carbocycles. The highest BCUT2D eigenvalue weighted by Gasteiger charge is 2.20. The largest absolute Gasteiger partial charge is 0.361 e. The average Bonchev–Trinajstić information content (AvgIpc) is 2.75. The molecule has 1 fully saturated rings.